The van der Waals surface area contributed by atoms with Gasteiger partial charge in [-0.1, -0.05) is 12.2 Å². The number of anilines is 1. The first-order valence-corrected chi connectivity index (χ1v) is 5.28. The van der Waals surface area contributed by atoms with Gasteiger partial charge in [-0.25, -0.2) is 4.39 Å². The number of nitrogens with two attached hydrogens (primary N) is 1. The van der Waals surface area contributed by atoms with Crippen molar-refractivity contribution in [3.05, 3.63) is 41.2 Å². The monoisotopic (exact) mass is 236 g/mol. The van der Waals surface area contributed by atoms with Crippen LogP contribution in [0.15, 0.2) is 24.3 Å². The predicted octanol–water partition coefficient (Wildman–Crippen LogP) is 2.36. The summed E-state index contributed by atoms with van der Waals surface area (Å²) in [5.74, 6) is -0.726. The summed E-state index contributed by atoms with van der Waals surface area (Å²) in [5.41, 5.74) is 7.41. The Hall–Kier alpha value is -1.84. The van der Waals surface area contributed by atoms with Gasteiger partial charge in [-0.2, -0.15) is 0 Å². The highest BCUT2D eigenvalue weighted by molar-refractivity contribution is 5.95. The largest absolute Gasteiger partial charge is 0.398 e. The molecular formula is C13H17FN2O. The number of halogens is 1. The van der Waals surface area contributed by atoms with Crippen molar-refractivity contribution in [1.82, 2.24) is 4.90 Å². The molecule has 0 atom stereocenters. The summed E-state index contributed by atoms with van der Waals surface area (Å²) < 4.78 is 13.5. The van der Waals surface area contributed by atoms with Crippen LogP contribution in [0.1, 0.15) is 22.8 Å². The number of benzene rings is 1. The summed E-state index contributed by atoms with van der Waals surface area (Å²) in [6.07, 6.45) is 0. The molecule has 92 valence electrons. The highest BCUT2D eigenvalue weighted by Gasteiger charge is 2.14. The normalized spacial score (nSPS) is 10.1. The van der Waals surface area contributed by atoms with E-state index in [9.17, 15) is 9.18 Å². The second-order valence-electron chi connectivity index (χ2n) is 4.29. The van der Waals surface area contributed by atoms with Gasteiger partial charge in [0.15, 0.2) is 0 Å². The molecule has 0 unspecified atom stereocenters. The maximum absolute atomic E-state index is 13.5. The number of carbonyl (C=O) groups is 1. The lowest BCUT2D eigenvalue weighted by molar-refractivity contribution is 0.0806. The van der Waals surface area contributed by atoms with Gasteiger partial charge in [0.25, 0.3) is 5.91 Å². The van der Waals surface area contributed by atoms with Crippen molar-refractivity contribution in [3.63, 3.8) is 0 Å². The fourth-order valence-electron chi connectivity index (χ4n) is 1.52. The molecule has 3 nitrogen and oxygen atoms in total. The van der Waals surface area contributed by atoms with Crippen molar-refractivity contribution in [3.8, 4) is 0 Å². The minimum atomic E-state index is -0.461. The van der Waals surface area contributed by atoms with Crippen LogP contribution in [-0.4, -0.2) is 24.4 Å². The van der Waals surface area contributed by atoms with Gasteiger partial charge in [0, 0.05) is 30.4 Å². The summed E-state index contributed by atoms with van der Waals surface area (Å²) >= 11 is 0. The summed E-state index contributed by atoms with van der Waals surface area (Å²) in [6, 6.07) is 2.71. The SMILES string of the molecule is C=C(C)CN(C)C(=O)c1cc(N)c(C)c(F)c1. The second kappa shape index (κ2) is 4.99. The van der Waals surface area contributed by atoms with Gasteiger partial charge in [0.1, 0.15) is 5.82 Å². The fourth-order valence-corrected chi connectivity index (χ4v) is 1.52. The van der Waals surface area contributed by atoms with Crippen LogP contribution in [0.2, 0.25) is 0 Å². The zero-order valence-electron chi connectivity index (χ0n) is 10.4. The van der Waals surface area contributed by atoms with Gasteiger partial charge < -0.3 is 10.6 Å². The van der Waals surface area contributed by atoms with Gasteiger partial charge in [0.2, 0.25) is 0 Å². The molecule has 0 heterocycles. The summed E-state index contributed by atoms with van der Waals surface area (Å²) in [5, 5.41) is 0. The van der Waals surface area contributed by atoms with Gasteiger partial charge in [-0.15, -0.1) is 0 Å². The number of nitrogen functional groups attached to an aromatic ring is 1. The average molecular weight is 236 g/mol. The third-order valence-corrected chi connectivity index (χ3v) is 2.49. The Morgan fingerprint density at radius 1 is 1.53 bits per heavy atom. The molecule has 0 aliphatic carbocycles. The van der Waals surface area contributed by atoms with Crippen LogP contribution in [0.3, 0.4) is 0 Å². The molecule has 4 heteroatoms. The van der Waals surface area contributed by atoms with E-state index >= 15 is 0 Å². The zero-order chi connectivity index (χ0) is 13.2. The van der Waals surface area contributed by atoms with Gasteiger partial charge >= 0.3 is 0 Å². The van der Waals surface area contributed by atoms with E-state index < -0.39 is 5.82 Å². The molecule has 0 aliphatic rings. The smallest absolute Gasteiger partial charge is 0.254 e. The molecule has 1 amide bonds. The predicted molar refractivity (Wildman–Crippen MR) is 67.3 cm³/mol. The van der Waals surface area contributed by atoms with Crippen LogP contribution in [0.5, 0.6) is 0 Å². The van der Waals surface area contributed by atoms with E-state index in [1.165, 1.54) is 17.0 Å². The third kappa shape index (κ3) is 3.06. The van der Waals surface area contributed by atoms with E-state index in [-0.39, 0.29) is 17.2 Å². The van der Waals surface area contributed by atoms with Crippen molar-refractivity contribution in [2.24, 2.45) is 0 Å². The van der Waals surface area contributed by atoms with Crippen LogP contribution in [0.25, 0.3) is 0 Å². The van der Waals surface area contributed by atoms with Crippen molar-refractivity contribution in [2.45, 2.75) is 13.8 Å². The highest BCUT2D eigenvalue weighted by atomic mass is 19.1. The third-order valence-electron chi connectivity index (χ3n) is 2.49. The molecule has 0 radical (unpaired) electrons. The molecule has 0 spiro atoms. The maximum atomic E-state index is 13.5. The van der Waals surface area contributed by atoms with Crippen LogP contribution >= 0.6 is 0 Å². The zero-order valence-corrected chi connectivity index (χ0v) is 10.4. The van der Waals surface area contributed by atoms with E-state index in [0.29, 0.717) is 12.1 Å². The van der Waals surface area contributed by atoms with E-state index in [2.05, 4.69) is 6.58 Å². The van der Waals surface area contributed by atoms with Crippen molar-refractivity contribution in [2.75, 3.05) is 19.3 Å². The van der Waals surface area contributed by atoms with E-state index in [0.717, 1.165) is 5.57 Å². The first kappa shape index (κ1) is 13.2. The lowest BCUT2D eigenvalue weighted by atomic mass is 10.1. The lowest BCUT2D eigenvalue weighted by Gasteiger charge is -2.17. The molecule has 2 N–H and O–H groups in total. The van der Waals surface area contributed by atoms with Crippen LogP contribution in [-0.2, 0) is 0 Å². The van der Waals surface area contributed by atoms with Gasteiger partial charge in [-0.05, 0) is 26.0 Å². The molecule has 1 rings (SSSR count). The Morgan fingerprint density at radius 3 is 2.59 bits per heavy atom. The number of hydrogen-bond donors (Lipinski definition) is 1. The summed E-state index contributed by atoms with van der Waals surface area (Å²) in [4.78, 5) is 13.4. The number of carbonyl (C=O) groups excluding carboxylic acids is 1. The Labute approximate surface area is 101 Å². The molecule has 0 saturated carbocycles. The Balaban J connectivity index is 3.01. The summed E-state index contributed by atoms with van der Waals surface area (Å²) in [7, 11) is 1.64. The molecule has 0 aliphatic heterocycles. The van der Waals surface area contributed by atoms with Gasteiger partial charge in [-0.3, -0.25) is 4.79 Å². The topological polar surface area (TPSA) is 46.3 Å². The minimum Gasteiger partial charge on any atom is -0.398 e. The van der Waals surface area contributed by atoms with Crippen molar-refractivity contribution >= 4 is 11.6 Å². The van der Waals surface area contributed by atoms with Gasteiger partial charge in [0.05, 0.1) is 0 Å². The van der Waals surface area contributed by atoms with Crippen molar-refractivity contribution < 1.29 is 9.18 Å². The quantitative estimate of drug-likeness (QED) is 0.647. The molecule has 1 aromatic carbocycles. The number of hydrogen-bond acceptors (Lipinski definition) is 2. The molecule has 0 aromatic heterocycles. The lowest BCUT2D eigenvalue weighted by Crippen LogP contribution is -2.28. The molecular weight excluding hydrogens is 219 g/mol. The number of likely N-dealkylation sites (N-methyl/N-ethyl adjacent to an activating group) is 1. The standard InChI is InChI=1S/C13H17FN2O/c1-8(2)7-16(4)13(17)10-5-11(14)9(3)12(15)6-10/h5-6H,1,7,15H2,2-4H3. The maximum Gasteiger partial charge on any atom is 0.254 e. The molecule has 0 saturated heterocycles. The van der Waals surface area contributed by atoms with E-state index in [4.69, 9.17) is 5.73 Å². The van der Waals surface area contributed by atoms with Crippen LogP contribution in [0, 0.1) is 12.7 Å². The van der Waals surface area contributed by atoms with Crippen LogP contribution in [0.4, 0.5) is 10.1 Å². The molecule has 1 aromatic rings. The number of rotatable bonds is 3. The summed E-state index contributed by atoms with van der Waals surface area (Å²) in [6.45, 7) is 7.57. The first-order valence-electron chi connectivity index (χ1n) is 5.28. The van der Waals surface area contributed by atoms with Crippen molar-refractivity contribution in [1.29, 1.82) is 0 Å². The highest BCUT2D eigenvalue weighted by Crippen LogP contribution is 2.18. The number of amides is 1. The first-order chi connectivity index (χ1) is 7.82. The minimum absolute atomic E-state index is 0.259. The molecule has 17 heavy (non-hydrogen) atoms. The van der Waals surface area contributed by atoms with E-state index in [1.54, 1.807) is 14.0 Å². The molecule has 0 bridgehead atoms. The Bertz CT molecular complexity index is 445. The molecule has 0 fully saturated rings. The van der Waals surface area contributed by atoms with E-state index in [1.807, 2.05) is 6.92 Å². The number of nitrogens with zero attached hydrogens (tertiary/aromatic N) is 1. The average Bonchev–Trinajstić information content (AvgIpc) is 2.23. The Kier molecular flexibility index (Phi) is 3.89. The second-order valence-corrected chi connectivity index (χ2v) is 4.29. The van der Waals surface area contributed by atoms with Crippen LogP contribution < -0.4 is 5.73 Å². The fraction of sp³-hybridized carbons (Fsp3) is 0.308. The Morgan fingerprint density at radius 2 is 2.12 bits per heavy atom.